The maximum absolute atomic E-state index is 9.65. The first-order valence-electron chi connectivity index (χ1n) is 8.68. The summed E-state index contributed by atoms with van der Waals surface area (Å²) in [6, 6.07) is 18.8. The molecule has 0 unspecified atom stereocenters. The lowest BCUT2D eigenvalue weighted by atomic mass is 10.2. The van der Waals surface area contributed by atoms with Gasteiger partial charge in [0.25, 0.3) is 0 Å². The molecule has 3 heterocycles. The highest BCUT2D eigenvalue weighted by Crippen LogP contribution is 2.38. The molecule has 0 amide bonds. The summed E-state index contributed by atoms with van der Waals surface area (Å²) in [7, 11) is 2.07. The Balaban J connectivity index is 1.61. The van der Waals surface area contributed by atoms with Crippen LogP contribution in [0, 0.1) is 11.3 Å². The summed E-state index contributed by atoms with van der Waals surface area (Å²) in [6.45, 7) is 4.62. The molecule has 0 bridgehead atoms. The van der Waals surface area contributed by atoms with E-state index >= 15 is 0 Å². The number of aromatic nitrogens is 1. The topological polar surface area (TPSA) is 39.9 Å². The predicted molar refractivity (Wildman–Crippen MR) is 124 cm³/mol. The highest BCUT2D eigenvalue weighted by atomic mass is 32.1. The summed E-state index contributed by atoms with van der Waals surface area (Å²) >= 11 is 5.01. The highest BCUT2D eigenvalue weighted by Gasteiger charge is 2.11. The Labute approximate surface area is 176 Å². The number of rotatable bonds is 6. The quantitative estimate of drug-likeness (QED) is 0.256. The van der Waals surface area contributed by atoms with Gasteiger partial charge in [-0.05, 0) is 42.5 Å². The summed E-state index contributed by atoms with van der Waals surface area (Å²) in [5.41, 5.74) is 1.54. The molecule has 138 valence electrons. The zero-order valence-corrected chi connectivity index (χ0v) is 17.7. The van der Waals surface area contributed by atoms with Crippen molar-refractivity contribution in [3.05, 3.63) is 71.1 Å². The van der Waals surface area contributed by atoms with Gasteiger partial charge in [0.1, 0.15) is 11.1 Å². The van der Waals surface area contributed by atoms with E-state index in [-0.39, 0.29) is 0 Å². The third-order valence-corrected chi connectivity index (χ3v) is 7.67. The van der Waals surface area contributed by atoms with Crippen molar-refractivity contribution >= 4 is 60.9 Å². The second-order valence-electron chi connectivity index (χ2n) is 6.17. The molecule has 0 N–H and O–H groups in total. The number of anilines is 1. The number of allylic oxidation sites excluding steroid dienone is 1. The van der Waals surface area contributed by atoms with Gasteiger partial charge in [-0.1, -0.05) is 18.2 Å². The van der Waals surface area contributed by atoms with Gasteiger partial charge in [0.15, 0.2) is 0 Å². The molecular formula is C22H17N3S3. The van der Waals surface area contributed by atoms with Crippen LogP contribution in [0.3, 0.4) is 0 Å². The van der Waals surface area contributed by atoms with Gasteiger partial charge >= 0.3 is 0 Å². The van der Waals surface area contributed by atoms with Crippen LogP contribution in [0.2, 0.25) is 0 Å². The minimum Gasteiger partial charge on any atom is -0.363 e. The molecule has 28 heavy (non-hydrogen) atoms. The lowest BCUT2D eigenvalue weighted by molar-refractivity contribution is 1.05. The van der Waals surface area contributed by atoms with Gasteiger partial charge in [-0.15, -0.1) is 40.6 Å². The fourth-order valence-corrected chi connectivity index (χ4v) is 5.73. The first-order valence-corrected chi connectivity index (χ1v) is 11.1. The van der Waals surface area contributed by atoms with E-state index in [0.29, 0.717) is 5.57 Å². The zero-order valence-electron chi connectivity index (χ0n) is 15.3. The Morgan fingerprint density at radius 3 is 2.68 bits per heavy atom. The molecule has 0 aliphatic carbocycles. The first kappa shape index (κ1) is 18.6. The Hall–Kier alpha value is -2.72. The van der Waals surface area contributed by atoms with Gasteiger partial charge in [-0.25, -0.2) is 4.98 Å². The second-order valence-corrected chi connectivity index (χ2v) is 9.37. The largest absolute Gasteiger partial charge is 0.363 e. The molecule has 0 aliphatic heterocycles. The van der Waals surface area contributed by atoms with E-state index in [9.17, 15) is 5.26 Å². The third kappa shape index (κ3) is 3.78. The van der Waals surface area contributed by atoms with Crippen LogP contribution >= 0.6 is 34.0 Å². The van der Waals surface area contributed by atoms with E-state index in [2.05, 4.69) is 53.8 Å². The number of para-hydroxylation sites is 1. The summed E-state index contributed by atoms with van der Waals surface area (Å²) < 4.78 is 1.10. The Bertz CT molecular complexity index is 1170. The zero-order chi connectivity index (χ0) is 19.5. The van der Waals surface area contributed by atoms with Gasteiger partial charge < -0.3 is 4.90 Å². The van der Waals surface area contributed by atoms with Crippen LogP contribution in [0.4, 0.5) is 5.00 Å². The third-order valence-electron chi connectivity index (χ3n) is 4.17. The van der Waals surface area contributed by atoms with Crippen molar-refractivity contribution < 1.29 is 0 Å². The van der Waals surface area contributed by atoms with Crippen molar-refractivity contribution in [3.63, 3.8) is 0 Å². The number of thiophene rings is 2. The molecule has 0 radical (unpaired) electrons. The van der Waals surface area contributed by atoms with E-state index in [0.717, 1.165) is 26.6 Å². The summed E-state index contributed by atoms with van der Waals surface area (Å²) in [6.07, 6.45) is 3.84. The normalized spacial score (nSPS) is 11.5. The van der Waals surface area contributed by atoms with E-state index in [1.165, 1.54) is 14.8 Å². The minimum absolute atomic E-state index is 0.604. The summed E-state index contributed by atoms with van der Waals surface area (Å²) in [5.74, 6) is 0. The first-order chi connectivity index (χ1) is 13.7. The van der Waals surface area contributed by atoms with Gasteiger partial charge in [0, 0.05) is 28.2 Å². The number of fused-ring (bicyclic) bond motifs is 1. The van der Waals surface area contributed by atoms with Crippen molar-refractivity contribution in [1.29, 1.82) is 5.26 Å². The average molecular weight is 420 g/mol. The molecular weight excluding hydrogens is 402 g/mol. The Kier molecular flexibility index (Phi) is 5.40. The Morgan fingerprint density at radius 1 is 1.11 bits per heavy atom. The average Bonchev–Trinajstić information content (AvgIpc) is 3.44. The molecule has 0 spiro atoms. The fraction of sp³-hybridized carbons (Fsp3) is 0.0909. The number of nitrogens with zero attached hydrogens (tertiary/aromatic N) is 3. The lowest BCUT2D eigenvalue weighted by Gasteiger charge is -2.13. The maximum Gasteiger partial charge on any atom is 0.135 e. The number of hydrogen-bond donors (Lipinski definition) is 0. The van der Waals surface area contributed by atoms with Crippen molar-refractivity contribution in [1.82, 2.24) is 4.98 Å². The van der Waals surface area contributed by atoms with Crippen molar-refractivity contribution in [3.8, 4) is 15.8 Å². The molecule has 0 saturated carbocycles. The summed E-state index contributed by atoms with van der Waals surface area (Å²) in [4.78, 5) is 10.3. The molecule has 0 atom stereocenters. The van der Waals surface area contributed by atoms with Gasteiger partial charge in [0.2, 0.25) is 0 Å². The number of hydrogen-bond acceptors (Lipinski definition) is 6. The van der Waals surface area contributed by atoms with Gasteiger partial charge in [-0.3, -0.25) is 0 Å². The summed E-state index contributed by atoms with van der Waals surface area (Å²) in [5, 5.41) is 11.6. The van der Waals surface area contributed by atoms with Crippen molar-refractivity contribution in [2.24, 2.45) is 0 Å². The molecule has 3 nitrogen and oxygen atoms in total. The van der Waals surface area contributed by atoms with Gasteiger partial charge in [0.05, 0.1) is 20.8 Å². The van der Waals surface area contributed by atoms with Crippen molar-refractivity contribution in [2.75, 3.05) is 18.5 Å². The minimum atomic E-state index is 0.604. The molecule has 1 aromatic carbocycles. The maximum atomic E-state index is 9.65. The molecule has 3 aromatic heterocycles. The van der Waals surface area contributed by atoms with Crippen molar-refractivity contribution in [2.45, 2.75) is 0 Å². The van der Waals surface area contributed by atoms with Crippen LogP contribution in [0.5, 0.6) is 0 Å². The number of thiazole rings is 1. The van der Waals surface area contributed by atoms with Crippen LogP contribution in [0.1, 0.15) is 9.88 Å². The van der Waals surface area contributed by atoms with E-state index in [4.69, 9.17) is 0 Å². The van der Waals surface area contributed by atoms with Crippen LogP contribution in [0.25, 0.3) is 31.6 Å². The van der Waals surface area contributed by atoms with Crippen LogP contribution in [-0.4, -0.2) is 18.6 Å². The second kappa shape index (κ2) is 8.11. The molecule has 0 saturated heterocycles. The standard InChI is InChI=1S/C22H17N3S3/c1-3-12-25(2)21-11-10-20(27-21)19-9-8-16(26-19)13-15(14-23)22-24-17-6-4-5-7-18(17)28-22/h3-11,13H,1,12H2,2H3/b15-13+. The van der Waals surface area contributed by atoms with E-state index in [1.807, 2.05) is 36.4 Å². The van der Waals surface area contributed by atoms with E-state index < -0.39 is 0 Å². The van der Waals surface area contributed by atoms with Crippen LogP contribution in [-0.2, 0) is 0 Å². The fourth-order valence-electron chi connectivity index (χ4n) is 2.78. The van der Waals surface area contributed by atoms with E-state index in [1.54, 1.807) is 34.0 Å². The lowest BCUT2D eigenvalue weighted by Crippen LogP contribution is -2.14. The smallest absolute Gasteiger partial charge is 0.135 e. The predicted octanol–water partition coefficient (Wildman–Crippen LogP) is 6.77. The Morgan fingerprint density at radius 2 is 1.89 bits per heavy atom. The van der Waals surface area contributed by atoms with Crippen LogP contribution < -0.4 is 4.90 Å². The number of likely N-dealkylation sites (N-methyl/N-ethyl adjacent to an activating group) is 1. The SMILES string of the molecule is C=CCN(C)c1ccc(-c2ccc(/C=C(\C#N)c3nc4ccccc4s3)s2)s1. The molecule has 4 rings (SSSR count). The molecule has 6 heteroatoms. The monoisotopic (exact) mass is 419 g/mol. The molecule has 4 aromatic rings. The molecule has 0 fully saturated rings. The number of nitriles is 1. The van der Waals surface area contributed by atoms with Crippen LogP contribution in [0.15, 0.2) is 61.2 Å². The molecule has 0 aliphatic rings. The van der Waals surface area contributed by atoms with Gasteiger partial charge in [-0.2, -0.15) is 5.26 Å². The highest BCUT2D eigenvalue weighted by molar-refractivity contribution is 7.24. The number of benzene rings is 1.